The van der Waals surface area contributed by atoms with Crippen molar-refractivity contribution in [2.24, 2.45) is 11.8 Å². The van der Waals surface area contributed by atoms with E-state index in [0.29, 0.717) is 0 Å². The van der Waals surface area contributed by atoms with Crippen LogP contribution < -0.4 is 0 Å². The van der Waals surface area contributed by atoms with Crippen LogP contribution in [-0.4, -0.2) is 48.3 Å². The molecule has 7 heteroatoms. The van der Waals surface area contributed by atoms with Gasteiger partial charge in [0.2, 0.25) is 0 Å². The van der Waals surface area contributed by atoms with Crippen LogP contribution in [-0.2, 0) is 18.4 Å². The van der Waals surface area contributed by atoms with Crippen molar-refractivity contribution < 1.29 is 18.4 Å². The summed E-state index contributed by atoms with van der Waals surface area (Å²) in [6.45, 7) is 24.4. The van der Waals surface area contributed by atoms with Crippen molar-refractivity contribution >= 4 is 45.5 Å². The highest BCUT2D eigenvalue weighted by Crippen LogP contribution is 2.38. The summed E-state index contributed by atoms with van der Waals surface area (Å²) in [7, 11) is -2.05. The van der Waals surface area contributed by atoms with Crippen LogP contribution >= 0.6 is 22.6 Å². The molecule has 0 fully saturated rings. The molecule has 1 unspecified atom stereocenters. The predicted octanol–water partition coefficient (Wildman–Crippen LogP) is 9.09. The molecule has 0 N–H and O–H groups in total. The lowest BCUT2D eigenvalue weighted by Gasteiger charge is -2.39. The van der Waals surface area contributed by atoms with Crippen LogP contribution in [0.15, 0.2) is 34.0 Å². The van der Waals surface area contributed by atoms with E-state index >= 15 is 0 Å². The number of rotatable bonds is 17. The van der Waals surface area contributed by atoms with E-state index in [4.69, 9.17) is 13.6 Å². The number of carbonyl (C=O) groups is 1. The van der Waals surface area contributed by atoms with Crippen molar-refractivity contribution in [3.05, 3.63) is 34.0 Å². The van der Waals surface area contributed by atoms with Gasteiger partial charge in [-0.05, 0) is 53.7 Å². The van der Waals surface area contributed by atoms with Gasteiger partial charge in [-0.2, -0.15) is 0 Å². The molecular weight excluding hydrogens is 595 g/mol. The highest BCUT2D eigenvalue weighted by atomic mass is 127. The van der Waals surface area contributed by atoms with Gasteiger partial charge >= 0.3 is 0 Å². The number of halogens is 1. The lowest BCUT2D eigenvalue weighted by molar-refractivity contribution is -0.115. The second-order valence-corrected chi connectivity index (χ2v) is 21.9. The minimum Gasteiger partial charge on any atom is -0.413 e. The number of aldehydes is 1. The third-order valence-corrected chi connectivity index (χ3v) is 17.7. The molecule has 5 atom stereocenters. The van der Waals surface area contributed by atoms with E-state index in [-0.39, 0.29) is 35.2 Å². The molecule has 36 heavy (non-hydrogen) atoms. The van der Waals surface area contributed by atoms with Gasteiger partial charge in [0.05, 0.1) is 18.3 Å². The molecular formula is C29H55IO4Si2. The van der Waals surface area contributed by atoms with Gasteiger partial charge in [-0.15, -0.1) is 0 Å². The summed E-state index contributed by atoms with van der Waals surface area (Å²) in [5.41, 5.74) is 1.23. The summed E-state index contributed by atoms with van der Waals surface area (Å²) >= 11 is 2.23. The Bertz CT molecular complexity index is 715. The minimum atomic E-state index is -1.93. The Morgan fingerprint density at radius 1 is 1.00 bits per heavy atom. The molecule has 0 amide bonds. The maximum absolute atomic E-state index is 11.9. The molecule has 0 saturated carbocycles. The summed E-state index contributed by atoms with van der Waals surface area (Å²) in [5.74, 6) is -0.125. The van der Waals surface area contributed by atoms with Crippen molar-refractivity contribution in [1.82, 2.24) is 0 Å². The molecule has 0 rings (SSSR count). The molecule has 0 aliphatic heterocycles. The van der Waals surface area contributed by atoms with E-state index in [1.165, 1.54) is 5.57 Å². The first-order valence-electron chi connectivity index (χ1n) is 13.6. The lowest BCUT2D eigenvalue weighted by Crippen LogP contribution is -2.47. The monoisotopic (exact) mass is 650 g/mol. The van der Waals surface area contributed by atoms with Crippen LogP contribution in [0.5, 0.6) is 0 Å². The SMILES string of the molecule is CC[Si](CC)(CC)O[C@H]([C@@H](C)[C@H](/C=C(\C)CC(/C=C/C=C/I)O[Si](C)(C)C(C)(C)C)OC)[C@@H](C)C=O. The Kier molecular flexibility index (Phi) is 16.8. The Balaban J connectivity index is 5.98. The molecule has 0 aliphatic carbocycles. The van der Waals surface area contributed by atoms with Gasteiger partial charge in [0, 0.05) is 18.9 Å². The molecule has 0 bridgehead atoms. The van der Waals surface area contributed by atoms with E-state index < -0.39 is 16.6 Å². The fourth-order valence-electron chi connectivity index (χ4n) is 4.28. The Morgan fingerprint density at radius 3 is 1.97 bits per heavy atom. The summed E-state index contributed by atoms with van der Waals surface area (Å²) in [4.78, 5) is 11.9. The van der Waals surface area contributed by atoms with Crippen LogP contribution in [0.3, 0.4) is 0 Å². The maximum Gasteiger partial charge on any atom is 0.192 e. The molecule has 0 saturated heterocycles. The number of ether oxygens (including phenoxy) is 1. The second-order valence-electron chi connectivity index (χ2n) is 11.7. The first-order chi connectivity index (χ1) is 16.7. The van der Waals surface area contributed by atoms with Gasteiger partial charge in [0.25, 0.3) is 0 Å². The molecule has 0 aliphatic rings. The molecule has 0 radical (unpaired) electrons. The molecule has 4 nitrogen and oxygen atoms in total. The fourth-order valence-corrected chi connectivity index (χ4v) is 8.80. The number of methoxy groups -OCH3 is 1. The van der Waals surface area contributed by atoms with Crippen molar-refractivity contribution in [3.63, 3.8) is 0 Å². The van der Waals surface area contributed by atoms with Crippen molar-refractivity contribution in [1.29, 1.82) is 0 Å². The van der Waals surface area contributed by atoms with Gasteiger partial charge in [0.1, 0.15) is 6.29 Å². The van der Waals surface area contributed by atoms with Gasteiger partial charge in [-0.25, -0.2) is 0 Å². The van der Waals surface area contributed by atoms with Crippen LogP contribution in [0.2, 0.25) is 36.3 Å². The minimum absolute atomic E-state index is 0.00355. The summed E-state index contributed by atoms with van der Waals surface area (Å²) < 4.78 is 21.6. The Hall–Kier alpha value is -0.0662. The first kappa shape index (κ1) is 35.9. The lowest BCUT2D eigenvalue weighted by atomic mass is 9.88. The van der Waals surface area contributed by atoms with Crippen LogP contribution in [0.1, 0.15) is 68.7 Å². The second kappa shape index (κ2) is 16.8. The summed E-state index contributed by atoms with van der Waals surface area (Å²) in [6, 6.07) is 3.18. The van der Waals surface area contributed by atoms with Crippen LogP contribution in [0, 0.1) is 11.8 Å². The molecule has 0 aromatic carbocycles. The highest BCUT2D eigenvalue weighted by molar-refractivity contribution is 14.1. The summed E-state index contributed by atoms with van der Waals surface area (Å²) in [5, 5.41) is 0.142. The average Bonchev–Trinajstić information content (AvgIpc) is 2.82. The van der Waals surface area contributed by atoms with Crippen molar-refractivity contribution in [2.45, 2.75) is 123 Å². The quantitative estimate of drug-likeness (QED) is 0.0518. The molecule has 0 aromatic heterocycles. The highest BCUT2D eigenvalue weighted by Gasteiger charge is 2.40. The van der Waals surface area contributed by atoms with E-state index in [2.05, 4.69) is 109 Å². The first-order valence-corrected chi connectivity index (χ1v) is 20.3. The zero-order valence-corrected chi connectivity index (χ0v) is 29.3. The van der Waals surface area contributed by atoms with Gasteiger partial charge in [-0.3, -0.25) is 0 Å². The zero-order chi connectivity index (χ0) is 28.2. The summed E-state index contributed by atoms with van der Waals surface area (Å²) in [6.07, 6.45) is 10.1. The number of hydrogen-bond donors (Lipinski definition) is 0. The normalized spacial score (nSPS) is 18.4. The zero-order valence-electron chi connectivity index (χ0n) is 25.2. The largest absolute Gasteiger partial charge is 0.413 e. The van der Waals surface area contributed by atoms with Gasteiger partial charge in [0.15, 0.2) is 16.6 Å². The van der Waals surface area contributed by atoms with Crippen molar-refractivity contribution in [3.8, 4) is 0 Å². The fraction of sp³-hybridized carbons (Fsp3) is 0.759. The average molecular weight is 651 g/mol. The third kappa shape index (κ3) is 11.4. The third-order valence-electron chi connectivity index (χ3n) is 8.09. The Labute approximate surface area is 239 Å². The predicted molar refractivity (Wildman–Crippen MR) is 170 cm³/mol. The number of carbonyl (C=O) groups excluding carboxylic acids is 1. The maximum atomic E-state index is 11.9. The molecule has 0 spiro atoms. The van der Waals surface area contributed by atoms with Crippen LogP contribution in [0.25, 0.3) is 0 Å². The smallest absolute Gasteiger partial charge is 0.192 e. The Morgan fingerprint density at radius 2 is 1.56 bits per heavy atom. The van der Waals surface area contributed by atoms with E-state index in [1.807, 2.05) is 17.1 Å². The molecule has 0 aromatic rings. The van der Waals surface area contributed by atoms with E-state index in [0.717, 1.165) is 30.8 Å². The van der Waals surface area contributed by atoms with Crippen LogP contribution in [0.4, 0.5) is 0 Å². The van der Waals surface area contributed by atoms with Gasteiger partial charge in [-0.1, -0.05) is 108 Å². The topological polar surface area (TPSA) is 44.8 Å². The van der Waals surface area contributed by atoms with E-state index in [9.17, 15) is 4.79 Å². The number of allylic oxidation sites excluding steroid dienone is 2. The number of hydrogen-bond acceptors (Lipinski definition) is 4. The standard InChI is InChI=1S/C29H55IO4Si2/c1-13-36(14-2,15-3)34-28(24(5)22-31)25(6)27(32-10)21-23(4)20-26(18-16-17-19-30)33-35(11,12)29(7,8)9/h16-19,21-22,24-28H,13-15,20H2,1-12H3/b18-16+,19-17+,23-21+/t24-,25-,26?,27-,28-/m0/s1. The van der Waals surface area contributed by atoms with Gasteiger partial charge < -0.3 is 18.4 Å². The van der Waals surface area contributed by atoms with E-state index in [1.54, 1.807) is 7.11 Å². The van der Waals surface area contributed by atoms with Crippen molar-refractivity contribution in [2.75, 3.05) is 7.11 Å². The molecule has 0 heterocycles. The molecule has 210 valence electrons.